The Morgan fingerprint density at radius 3 is 2.21 bits per heavy atom. The molecule has 356 valence electrons. The second-order valence-electron chi connectivity index (χ2n) is 19.3. The molecule has 0 fully saturated rings. The van der Waals surface area contributed by atoms with Crippen LogP contribution in [0, 0.1) is 6.92 Å². The van der Waals surface area contributed by atoms with Crippen molar-refractivity contribution >= 4 is 68.8 Å². The Kier molecular flexibility index (Phi) is 11.0. The number of anilines is 3. The summed E-state index contributed by atoms with van der Waals surface area (Å²) in [6.45, 7) is 5.87. The Bertz CT molecular complexity index is 3590. The maximum absolute atomic E-state index is 14.3. The number of methoxy groups -OCH3 is 1. The predicted octanol–water partition coefficient (Wildman–Crippen LogP) is 8.87. The lowest BCUT2D eigenvalue weighted by molar-refractivity contribution is -0.115. The summed E-state index contributed by atoms with van der Waals surface area (Å²) < 4.78 is 16.8. The third-order valence-electron chi connectivity index (χ3n) is 15.1. The molecule has 13 heteroatoms. The summed E-state index contributed by atoms with van der Waals surface area (Å²) in [7, 11) is 1.57. The minimum atomic E-state index is -1.07. The van der Waals surface area contributed by atoms with E-state index in [9.17, 15) is 24.3 Å². The van der Waals surface area contributed by atoms with Gasteiger partial charge in [0.25, 0.3) is 11.8 Å². The van der Waals surface area contributed by atoms with E-state index >= 15 is 0 Å². The van der Waals surface area contributed by atoms with E-state index in [-0.39, 0.29) is 23.8 Å². The van der Waals surface area contributed by atoms with Gasteiger partial charge in [0.1, 0.15) is 30.3 Å². The van der Waals surface area contributed by atoms with Gasteiger partial charge >= 0.3 is 5.97 Å². The van der Waals surface area contributed by atoms with Crippen molar-refractivity contribution in [3.8, 4) is 17.2 Å². The molecule has 0 bridgehead atoms. The maximum Gasteiger partial charge on any atom is 0.336 e. The van der Waals surface area contributed by atoms with Crippen molar-refractivity contribution in [2.45, 2.75) is 64.7 Å². The van der Waals surface area contributed by atoms with Gasteiger partial charge in [0.15, 0.2) is 0 Å². The summed E-state index contributed by atoms with van der Waals surface area (Å²) in [4.78, 5) is 57.6. The lowest BCUT2D eigenvalue weighted by atomic mass is 9.81. The number of fused-ring (bicyclic) bond motifs is 5. The highest BCUT2D eigenvalue weighted by Crippen LogP contribution is 2.49. The zero-order valence-electron chi connectivity index (χ0n) is 39.5. The van der Waals surface area contributed by atoms with Crippen LogP contribution >= 0.6 is 11.6 Å². The first kappa shape index (κ1) is 44.5. The molecule has 0 saturated carbocycles. The fourth-order valence-electron chi connectivity index (χ4n) is 11.9. The van der Waals surface area contributed by atoms with Gasteiger partial charge in [-0.25, -0.2) is 9.37 Å². The molecule has 71 heavy (non-hydrogen) atoms. The maximum atomic E-state index is 14.3. The average Bonchev–Trinajstić information content (AvgIpc) is 3.65. The number of ether oxygens (including phenoxy) is 2. The first-order valence-electron chi connectivity index (χ1n) is 24.5. The van der Waals surface area contributed by atoms with Crippen LogP contribution in [0.1, 0.15) is 101 Å². The number of nitrogens with one attached hydrogen (secondary N) is 2. The molecule has 0 atom stereocenters. The first-order valence-corrected chi connectivity index (χ1v) is 24.9. The minimum Gasteiger partial charge on any atom is -0.497 e. The van der Waals surface area contributed by atoms with Crippen LogP contribution in [0.3, 0.4) is 0 Å². The van der Waals surface area contributed by atoms with Crippen LogP contribution in [0.15, 0.2) is 97.1 Å². The molecule has 12 nitrogen and oxygen atoms in total. The van der Waals surface area contributed by atoms with Gasteiger partial charge in [0, 0.05) is 97.7 Å². The van der Waals surface area contributed by atoms with Crippen molar-refractivity contribution in [1.29, 1.82) is 0 Å². The smallest absolute Gasteiger partial charge is 0.336 e. The Labute approximate surface area is 414 Å². The SMILES string of the molecule is COc1ccc2c(c1)c(CC(=O)Nc1ccc(NC(=O)c3ccc(C(=O)O)c(C4=c5cc6c7c(c5Oc5c4cc4c8c5CCCN8CCC4)CCC[N+]=7CCC6)c3)cc1)c(C)n2C(=O)c1ccc(Cl)cc1. The van der Waals surface area contributed by atoms with Crippen molar-refractivity contribution in [2.75, 3.05) is 48.8 Å². The van der Waals surface area contributed by atoms with Gasteiger partial charge in [-0.1, -0.05) is 11.6 Å². The molecule has 5 aliphatic rings. The highest BCUT2D eigenvalue weighted by atomic mass is 35.5. The van der Waals surface area contributed by atoms with Crippen LogP contribution in [0.2, 0.25) is 5.02 Å². The van der Waals surface area contributed by atoms with E-state index in [1.54, 1.807) is 84.5 Å². The number of carbonyl (C=O) groups is 4. The van der Waals surface area contributed by atoms with Crippen LogP contribution < -0.4 is 40.2 Å². The fraction of sp³-hybridized carbons (Fsp3) is 0.259. The predicted molar refractivity (Wildman–Crippen MR) is 275 cm³/mol. The van der Waals surface area contributed by atoms with Gasteiger partial charge in [0.05, 0.1) is 30.2 Å². The summed E-state index contributed by atoms with van der Waals surface area (Å²) in [6.07, 6.45) is 7.72. The molecular weight excluding hydrogens is 914 g/mol. The molecule has 6 heterocycles. The highest BCUT2D eigenvalue weighted by molar-refractivity contribution is 6.30. The highest BCUT2D eigenvalue weighted by Gasteiger charge is 2.37. The molecule has 1 aromatic heterocycles. The Morgan fingerprint density at radius 1 is 0.746 bits per heavy atom. The number of carboxylic acids is 1. The van der Waals surface area contributed by atoms with Gasteiger partial charge in [-0.2, -0.15) is 0 Å². The molecule has 0 spiro atoms. The molecule has 0 unspecified atom stereocenters. The largest absolute Gasteiger partial charge is 0.497 e. The van der Waals surface area contributed by atoms with Crippen molar-refractivity contribution in [3.63, 3.8) is 0 Å². The summed E-state index contributed by atoms with van der Waals surface area (Å²) in [5.74, 6) is 0.195. The molecule has 2 amide bonds. The van der Waals surface area contributed by atoms with Crippen LogP contribution in [-0.4, -0.2) is 66.7 Å². The van der Waals surface area contributed by atoms with Crippen LogP contribution in [0.5, 0.6) is 17.2 Å². The number of hydrogen-bond donors (Lipinski definition) is 3. The van der Waals surface area contributed by atoms with Gasteiger partial charge in [0.2, 0.25) is 11.3 Å². The molecule has 0 aliphatic carbocycles. The van der Waals surface area contributed by atoms with Crippen molar-refractivity contribution in [3.05, 3.63) is 174 Å². The van der Waals surface area contributed by atoms with E-state index in [1.165, 1.54) is 33.3 Å². The van der Waals surface area contributed by atoms with Crippen molar-refractivity contribution in [1.82, 2.24) is 9.14 Å². The molecule has 0 radical (unpaired) electrons. The van der Waals surface area contributed by atoms with Crippen molar-refractivity contribution in [2.24, 2.45) is 0 Å². The van der Waals surface area contributed by atoms with E-state index in [1.807, 2.05) is 19.1 Å². The Balaban J connectivity index is 0.860. The summed E-state index contributed by atoms with van der Waals surface area (Å²) in [6, 6.07) is 28.3. The standard InChI is InChI=1S/C58H50ClN5O7/c1-32-44(45-30-40(70-2)20-22-49(45)64(32)57(67)33-11-14-37(59)15-12-33)31-50(65)60-38-16-18-39(19-17-38)61-56(66)36-13-21-41(58(68)69)46(29-36)51-47-27-34-7-3-23-62-25-5-9-42(52(34)62)54(47)71-55-43-10-6-26-63-24-4-8-35(53(43)63)28-48(51)55/h11-22,27-30H,3-10,23-26,31H2,1-2H3,(H2-,60,61,65,66,68,69)/p+1. The summed E-state index contributed by atoms with van der Waals surface area (Å²) in [5.41, 5.74) is 12.2. The molecule has 12 rings (SSSR count). The zero-order chi connectivity index (χ0) is 48.7. The van der Waals surface area contributed by atoms with Crippen LogP contribution in [0.4, 0.5) is 17.1 Å². The third-order valence-corrected chi connectivity index (χ3v) is 15.3. The topological polar surface area (TPSA) is 142 Å². The number of carboxylic acid groups (broad SMARTS) is 1. The quantitative estimate of drug-likeness (QED) is 0.122. The molecule has 5 aliphatic heterocycles. The zero-order valence-corrected chi connectivity index (χ0v) is 40.3. The number of nitrogens with zero attached hydrogens (tertiary/aromatic N) is 3. The second kappa shape index (κ2) is 17.6. The third kappa shape index (κ3) is 7.63. The van der Waals surface area contributed by atoms with Gasteiger partial charge in [-0.05, 0) is 159 Å². The number of amides is 2. The van der Waals surface area contributed by atoms with E-state index in [2.05, 4.69) is 32.2 Å². The number of benzene rings is 6. The molecule has 7 aromatic rings. The number of aryl methyl sites for hydroxylation is 2. The molecule has 6 aromatic carbocycles. The van der Waals surface area contributed by atoms with Gasteiger partial charge in [-0.3, -0.25) is 19.0 Å². The van der Waals surface area contributed by atoms with E-state index < -0.39 is 11.9 Å². The number of halogens is 1. The Morgan fingerprint density at radius 2 is 1.45 bits per heavy atom. The average molecular weight is 966 g/mol. The number of rotatable bonds is 9. The van der Waals surface area contributed by atoms with E-state index in [0.29, 0.717) is 55.6 Å². The number of hydrogen-bond acceptors (Lipinski definition) is 7. The summed E-state index contributed by atoms with van der Waals surface area (Å²) in [5, 5.41) is 20.2. The van der Waals surface area contributed by atoms with E-state index in [0.717, 1.165) is 111 Å². The molecule has 3 N–H and O–H groups in total. The minimum absolute atomic E-state index is 0.0197. The van der Waals surface area contributed by atoms with Crippen molar-refractivity contribution < 1.29 is 33.8 Å². The van der Waals surface area contributed by atoms with Crippen LogP contribution in [-0.2, 0) is 36.9 Å². The van der Waals surface area contributed by atoms with Gasteiger partial charge < -0.3 is 30.1 Å². The monoisotopic (exact) mass is 964 g/mol. The first-order chi connectivity index (χ1) is 34.5. The second-order valence-corrected chi connectivity index (χ2v) is 19.7. The van der Waals surface area contributed by atoms with E-state index in [4.69, 9.17) is 21.1 Å². The molecule has 0 saturated heterocycles. The normalized spacial score (nSPS) is 15.2. The lowest BCUT2D eigenvalue weighted by Crippen LogP contribution is -2.45. The number of aromatic carboxylic acids is 1. The Hall–Kier alpha value is -7.70. The molecular formula is C58H51ClN5O7+. The number of aromatic nitrogens is 1. The van der Waals surface area contributed by atoms with Gasteiger partial charge in [-0.15, -0.1) is 0 Å². The fourth-order valence-corrected chi connectivity index (χ4v) is 12.0. The lowest BCUT2D eigenvalue weighted by Gasteiger charge is -2.39. The number of carbonyl (C=O) groups excluding carboxylic acids is 3. The summed E-state index contributed by atoms with van der Waals surface area (Å²) >= 11 is 6.11. The van der Waals surface area contributed by atoms with Crippen LogP contribution in [0.25, 0.3) is 16.5 Å².